The zero-order valence-corrected chi connectivity index (χ0v) is 16.4. The fourth-order valence-corrected chi connectivity index (χ4v) is 2.48. The summed E-state index contributed by atoms with van der Waals surface area (Å²) in [5.41, 5.74) is 0.822. The Labute approximate surface area is 154 Å². The maximum atomic E-state index is 12.1. The minimum absolute atomic E-state index is 0.0741. The molecular weight excluding hydrogens is 338 g/mol. The van der Waals surface area contributed by atoms with Crippen molar-refractivity contribution in [2.75, 3.05) is 41.5 Å². The van der Waals surface area contributed by atoms with Gasteiger partial charge in [-0.05, 0) is 31.5 Å². The van der Waals surface area contributed by atoms with Crippen molar-refractivity contribution in [1.82, 2.24) is 10.6 Å². The van der Waals surface area contributed by atoms with Crippen LogP contribution in [-0.2, 0) is 16.1 Å². The van der Waals surface area contributed by atoms with Crippen molar-refractivity contribution in [2.45, 2.75) is 26.4 Å². The zero-order chi connectivity index (χ0) is 19.7. The number of rotatable bonds is 10. The average molecular weight is 368 g/mol. The van der Waals surface area contributed by atoms with Gasteiger partial charge in [-0.25, -0.2) is 0 Å². The Hall–Kier alpha value is -2.48. The Morgan fingerprint density at radius 1 is 1.00 bits per heavy atom. The van der Waals surface area contributed by atoms with Gasteiger partial charge in [-0.2, -0.15) is 0 Å². The molecule has 1 rings (SSSR count). The minimum Gasteiger partial charge on any atom is -0.493 e. The molecule has 0 aliphatic heterocycles. The standard InChI is InChI=1S/C18H29N3O5/c1-12(2)20-17(23)11-21(3)10-16(22)19-9-13-7-14(24-4)18(26-6)15(8-13)25-5/h7-8,12H,9-11H2,1-6H3,(H,19,22)(H,20,23)/p+1. The van der Waals surface area contributed by atoms with E-state index in [4.69, 9.17) is 14.2 Å². The highest BCUT2D eigenvalue weighted by Gasteiger charge is 2.16. The third-order valence-corrected chi connectivity index (χ3v) is 3.59. The Morgan fingerprint density at radius 3 is 2.00 bits per heavy atom. The zero-order valence-electron chi connectivity index (χ0n) is 16.4. The van der Waals surface area contributed by atoms with E-state index in [0.29, 0.717) is 23.8 Å². The van der Waals surface area contributed by atoms with Gasteiger partial charge < -0.3 is 29.7 Å². The number of carbonyl (C=O) groups is 2. The summed E-state index contributed by atoms with van der Waals surface area (Å²) in [6, 6.07) is 3.66. The summed E-state index contributed by atoms with van der Waals surface area (Å²) >= 11 is 0. The van der Waals surface area contributed by atoms with E-state index in [9.17, 15) is 9.59 Å². The molecule has 2 amide bonds. The van der Waals surface area contributed by atoms with E-state index in [0.717, 1.165) is 10.5 Å². The van der Waals surface area contributed by atoms with E-state index >= 15 is 0 Å². The number of hydrogen-bond donors (Lipinski definition) is 3. The highest BCUT2D eigenvalue weighted by Crippen LogP contribution is 2.38. The van der Waals surface area contributed by atoms with Crippen LogP contribution in [0.25, 0.3) is 0 Å². The predicted octanol–water partition coefficient (Wildman–Crippen LogP) is -0.632. The molecule has 0 radical (unpaired) electrons. The summed E-state index contributed by atoms with van der Waals surface area (Å²) in [4.78, 5) is 24.6. The highest BCUT2D eigenvalue weighted by atomic mass is 16.5. The second-order valence-electron chi connectivity index (χ2n) is 6.34. The van der Waals surface area contributed by atoms with E-state index in [1.54, 1.807) is 33.4 Å². The van der Waals surface area contributed by atoms with Gasteiger partial charge in [-0.3, -0.25) is 9.59 Å². The van der Waals surface area contributed by atoms with Crippen LogP contribution in [0.5, 0.6) is 17.2 Å². The molecule has 26 heavy (non-hydrogen) atoms. The third kappa shape index (κ3) is 6.79. The Bertz CT molecular complexity index is 594. The molecule has 0 bridgehead atoms. The normalized spacial score (nSPS) is 11.7. The van der Waals surface area contributed by atoms with E-state index in [1.165, 1.54) is 7.11 Å². The first-order valence-electron chi connectivity index (χ1n) is 8.46. The number of benzene rings is 1. The van der Waals surface area contributed by atoms with Crippen LogP contribution in [0.3, 0.4) is 0 Å². The van der Waals surface area contributed by atoms with Crippen molar-refractivity contribution < 1.29 is 28.7 Å². The Balaban J connectivity index is 2.60. The molecule has 0 saturated carbocycles. The van der Waals surface area contributed by atoms with E-state index in [1.807, 2.05) is 13.8 Å². The maximum absolute atomic E-state index is 12.1. The van der Waals surface area contributed by atoms with Crippen LogP contribution in [0.1, 0.15) is 19.4 Å². The van der Waals surface area contributed by atoms with Crippen molar-refractivity contribution in [2.24, 2.45) is 0 Å². The number of quaternary nitrogens is 1. The van der Waals surface area contributed by atoms with Crippen LogP contribution in [0.2, 0.25) is 0 Å². The first kappa shape index (κ1) is 21.6. The van der Waals surface area contributed by atoms with Crippen LogP contribution in [0, 0.1) is 0 Å². The van der Waals surface area contributed by atoms with Crippen molar-refractivity contribution in [3.8, 4) is 17.2 Å². The molecule has 0 aromatic heterocycles. The molecule has 0 saturated heterocycles. The van der Waals surface area contributed by atoms with Crippen LogP contribution in [0.4, 0.5) is 0 Å². The fourth-order valence-electron chi connectivity index (χ4n) is 2.48. The van der Waals surface area contributed by atoms with Gasteiger partial charge >= 0.3 is 0 Å². The van der Waals surface area contributed by atoms with Gasteiger partial charge in [0.25, 0.3) is 11.8 Å². The molecule has 146 valence electrons. The molecule has 0 aliphatic rings. The maximum Gasteiger partial charge on any atom is 0.275 e. The van der Waals surface area contributed by atoms with Gasteiger partial charge in [-0.1, -0.05) is 0 Å². The predicted molar refractivity (Wildman–Crippen MR) is 97.8 cm³/mol. The van der Waals surface area contributed by atoms with E-state index < -0.39 is 0 Å². The van der Waals surface area contributed by atoms with Crippen LogP contribution in [-0.4, -0.2) is 59.3 Å². The molecular formula is C18H30N3O5+. The molecule has 1 aromatic carbocycles. The van der Waals surface area contributed by atoms with Crippen LogP contribution < -0.4 is 29.7 Å². The number of likely N-dealkylation sites (N-methyl/N-ethyl adjacent to an activating group) is 1. The van der Waals surface area contributed by atoms with Crippen molar-refractivity contribution in [1.29, 1.82) is 0 Å². The summed E-state index contributed by atoms with van der Waals surface area (Å²) in [6.07, 6.45) is 0. The van der Waals surface area contributed by atoms with Crippen LogP contribution in [0.15, 0.2) is 12.1 Å². The van der Waals surface area contributed by atoms with Gasteiger partial charge in [0.15, 0.2) is 24.6 Å². The summed E-state index contributed by atoms with van der Waals surface area (Å²) in [5.74, 6) is 1.35. The minimum atomic E-state index is -0.145. The molecule has 8 nitrogen and oxygen atoms in total. The van der Waals surface area contributed by atoms with Crippen LogP contribution >= 0.6 is 0 Å². The molecule has 1 aromatic rings. The second-order valence-corrected chi connectivity index (χ2v) is 6.34. The first-order valence-corrected chi connectivity index (χ1v) is 8.46. The summed E-state index contributed by atoms with van der Waals surface area (Å²) < 4.78 is 15.9. The number of ether oxygens (including phenoxy) is 3. The largest absolute Gasteiger partial charge is 0.493 e. The number of amides is 2. The molecule has 0 fully saturated rings. The SMILES string of the molecule is COc1cc(CNC(=O)C[NH+](C)CC(=O)NC(C)C)cc(OC)c1OC. The molecule has 0 aliphatic carbocycles. The highest BCUT2D eigenvalue weighted by molar-refractivity contribution is 5.79. The molecule has 1 unspecified atom stereocenters. The molecule has 8 heteroatoms. The lowest BCUT2D eigenvalue weighted by atomic mass is 10.1. The summed E-state index contributed by atoms with van der Waals surface area (Å²) in [5, 5.41) is 5.65. The molecule has 1 atom stereocenters. The quantitative estimate of drug-likeness (QED) is 0.512. The smallest absolute Gasteiger partial charge is 0.275 e. The molecule has 0 heterocycles. The first-order chi connectivity index (χ1) is 12.3. The lowest BCUT2D eigenvalue weighted by molar-refractivity contribution is -0.862. The number of nitrogens with one attached hydrogen (secondary N) is 3. The van der Waals surface area contributed by atoms with Gasteiger partial charge in [0.2, 0.25) is 5.75 Å². The lowest BCUT2D eigenvalue weighted by Gasteiger charge is -2.16. The van der Waals surface area contributed by atoms with Crippen molar-refractivity contribution >= 4 is 11.8 Å². The number of carbonyl (C=O) groups excluding carboxylic acids is 2. The number of methoxy groups -OCH3 is 3. The van der Waals surface area contributed by atoms with E-state index in [2.05, 4.69) is 10.6 Å². The third-order valence-electron chi connectivity index (χ3n) is 3.59. The van der Waals surface area contributed by atoms with Gasteiger partial charge in [0, 0.05) is 12.6 Å². The lowest BCUT2D eigenvalue weighted by Crippen LogP contribution is -3.11. The second kappa shape index (κ2) is 10.5. The van der Waals surface area contributed by atoms with Gasteiger partial charge in [-0.15, -0.1) is 0 Å². The average Bonchev–Trinajstić information content (AvgIpc) is 2.57. The van der Waals surface area contributed by atoms with Crippen molar-refractivity contribution in [3.05, 3.63) is 17.7 Å². The monoisotopic (exact) mass is 368 g/mol. The Kier molecular flexibility index (Phi) is 8.71. The topological polar surface area (TPSA) is 90.3 Å². The summed E-state index contributed by atoms with van der Waals surface area (Å²) in [6.45, 7) is 4.57. The van der Waals surface area contributed by atoms with Gasteiger partial charge in [0.05, 0.1) is 28.4 Å². The molecule has 0 spiro atoms. The van der Waals surface area contributed by atoms with Gasteiger partial charge in [0.1, 0.15) is 0 Å². The molecule has 3 N–H and O–H groups in total. The fraction of sp³-hybridized carbons (Fsp3) is 0.556. The Morgan fingerprint density at radius 2 is 1.54 bits per heavy atom. The van der Waals surface area contributed by atoms with E-state index in [-0.39, 0.29) is 30.9 Å². The van der Waals surface area contributed by atoms with Crippen molar-refractivity contribution in [3.63, 3.8) is 0 Å². The summed E-state index contributed by atoms with van der Waals surface area (Å²) in [7, 11) is 6.43. The number of hydrogen-bond acceptors (Lipinski definition) is 5.